The molecule has 0 heterocycles. The molecule has 0 saturated heterocycles. The van der Waals surface area contributed by atoms with E-state index >= 15 is 0 Å². The topological polar surface area (TPSA) is 47.6 Å². The van der Waals surface area contributed by atoms with Crippen LogP contribution in [0.3, 0.4) is 0 Å². The summed E-state index contributed by atoms with van der Waals surface area (Å²) in [5.74, 6) is -0.109. The van der Waals surface area contributed by atoms with Gasteiger partial charge in [0.05, 0.1) is 19.8 Å². The summed E-state index contributed by atoms with van der Waals surface area (Å²) >= 11 is 0. The van der Waals surface area contributed by atoms with Crippen molar-refractivity contribution in [1.29, 1.82) is 0 Å². The van der Waals surface area contributed by atoms with Gasteiger partial charge >= 0.3 is 6.18 Å². The fourth-order valence-electron chi connectivity index (χ4n) is 2.14. The number of benzene rings is 2. The Morgan fingerprint density at radius 3 is 2.04 bits per heavy atom. The zero-order valence-electron chi connectivity index (χ0n) is 13.6. The number of carbonyl (C=O) groups excluding carboxylic acids is 1. The first kappa shape index (κ1) is 18.4. The maximum absolute atomic E-state index is 13.3. The van der Waals surface area contributed by atoms with E-state index in [1.165, 1.54) is 50.6 Å². The molecule has 7 heteroatoms. The molecular formula is C18H16F3NO3. The van der Waals surface area contributed by atoms with Crippen molar-refractivity contribution in [3.05, 3.63) is 60.2 Å². The van der Waals surface area contributed by atoms with E-state index in [1.807, 2.05) is 0 Å². The number of carbonyl (C=O) groups is 1. The molecule has 25 heavy (non-hydrogen) atoms. The predicted octanol–water partition coefficient (Wildman–Crippen LogP) is 4.29. The molecule has 132 valence electrons. The Kier molecular flexibility index (Phi) is 5.69. The summed E-state index contributed by atoms with van der Waals surface area (Å²) in [6, 6.07) is 11.7. The molecule has 1 N–H and O–H groups in total. The van der Waals surface area contributed by atoms with E-state index in [9.17, 15) is 18.0 Å². The summed E-state index contributed by atoms with van der Waals surface area (Å²) in [5, 5.41) is 2.39. The first-order valence-electron chi connectivity index (χ1n) is 7.22. The molecule has 0 aliphatic rings. The third kappa shape index (κ3) is 5.00. The quantitative estimate of drug-likeness (QED) is 0.818. The fourth-order valence-corrected chi connectivity index (χ4v) is 2.14. The van der Waals surface area contributed by atoms with Crippen LogP contribution in [0.1, 0.15) is 5.56 Å². The third-order valence-corrected chi connectivity index (χ3v) is 3.28. The molecule has 0 radical (unpaired) electrons. The van der Waals surface area contributed by atoms with Gasteiger partial charge in [0.2, 0.25) is 5.91 Å². The number of nitrogens with one attached hydrogen (secondary N) is 1. The second kappa shape index (κ2) is 7.74. The van der Waals surface area contributed by atoms with Gasteiger partial charge < -0.3 is 14.8 Å². The summed E-state index contributed by atoms with van der Waals surface area (Å²) in [4.78, 5) is 12.1. The van der Waals surface area contributed by atoms with Crippen molar-refractivity contribution in [3.8, 4) is 11.5 Å². The van der Waals surface area contributed by atoms with Crippen LogP contribution in [0.2, 0.25) is 0 Å². The van der Waals surface area contributed by atoms with E-state index in [0.29, 0.717) is 17.6 Å². The maximum atomic E-state index is 13.3. The monoisotopic (exact) mass is 351 g/mol. The Hall–Kier alpha value is -2.96. The normalized spacial score (nSPS) is 11.8. The number of halogens is 3. The summed E-state index contributed by atoms with van der Waals surface area (Å²) in [7, 11) is 2.86. The molecule has 0 aliphatic heterocycles. The zero-order valence-corrected chi connectivity index (χ0v) is 13.6. The lowest BCUT2D eigenvalue weighted by atomic mass is 10.1. The van der Waals surface area contributed by atoms with Crippen molar-refractivity contribution in [3.63, 3.8) is 0 Å². The maximum Gasteiger partial charge on any atom is 0.417 e. The largest absolute Gasteiger partial charge is 0.497 e. The highest BCUT2D eigenvalue weighted by Gasteiger charge is 2.35. The van der Waals surface area contributed by atoms with Gasteiger partial charge in [-0.15, -0.1) is 0 Å². The number of rotatable bonds is 5. The lowest BCUT2D eigenvalue weighted by Gasteiger charge is -2.13. The average molecular weight is 351 g/mol. The Morgan fingerprint density at radius 2 is 1.56 bits per heavy atom. The van der Waals surface area contributed by atoms with Gasteiger partial charge in [0.15, 0.2) is 0 Å². The summed E-state index contributed by atoms with van der Waals surface area (Å²) in [6.07, 6.45) is -4.13. The van der Waals surface area contributed by atoms with E-state index in [2.05, 4.69) is 5.32 Å². The molecule has 2 aromatic rings. The first-order chi connectivity index (χ1) is 11.8. The molecule has 0 bridgehead atoms. The molecule has 2 aromatic carbocycles. The van der Waals surface area contributed by atoms with E-state index in [0.717, 1.165) is 0 Å². The SMILES string of the molecule is COc1cc(NC(=O)/C=C(/c2ccccc2)C(F)(F)F)cc(OC)c1. The standard InChI is InChI=1S/C18H16F3NO3/c1-24-14-8-13(9-15(10-14)25-2)22-17(23)11-16(18(19,20)21)12-6-4-3-5-7-12/h3-11H,1-2H3,(H,22,23)/b16-11-. The number of amides is 1. The fraction of sp³-hybridized carbons (Fsp3) is 0.167. The van der Waals surface area contributed by atoms with E-state index < -0.39 is 17.7 Å². The molecule has 0 saturated carbocycles. The summed E-state index contributed by atoms with van der Waals surface area (Å²) in [5.41, 5.74) is -0.860. The van der Waals surface area contributed by atoms with Crippen LogP contribution in [0.4, 0.5) is 18.9 Å². The van der Waals surface area contributed by atoms with Gasteiger partial charge in [0.25, 0.3) is 0 Å². The number of anilines is 1. The Morgan fingerprint density at radius 1 is 1.00 bits per heavy atom. The molecule has 0 spiro atoms. The minimum absolute atomic E-state index is 0.0895. The van der Waals surface area contributed by atoms with E-state index in [1.54, 1.807) is 12.1 Å². The molecule has 4 nitrogen and oxygen atoms in total. The molecule has 0 aromatic heterocycles. The second-order valence-corrected chi connectivity index (χ2v) is 5.01. The average Bonchev–Trinajstić information content (AvgIpc) is 2.59. The van der Waals surface area contributed by atoms with Crippen molar-refractivity contribution in [2.45, 2.75) is 6.18 Å². The van der Waals surface area contributed by atoms with E-state index in [-0.39, 0.29) is 11.3 Å². The molecule has 0 fully saturated rings. The van der Waals surface area contributed by atoms with Crippen molar-refractivity contribution in [2.75, 3.05) is 19.5 Å². The molecule has 2 rings (SSSR count). The molecule has 1 amide bonds. The minimum Gasteiger partial charge on any atom is -0.497 e. The highest BCUT2D eigenvalue weighted by atomic mass is 19.4. The number of allylic oxidation sites excluding steroid dienone is 1. The van der Waals surface area contributed by atoms with Gasteiger partial charge in [-0.05, 0) is 5.56 Å². The van der Waals surface area contributed by atoms with Crippen molar-refractivity contribution >= 4 is 17.2 Å². The number of hydrogen-bond acceptors (Lipinski definition) is 3. The number of hydrogen-bond donors (Lipinski definition) is 1. The third-order valence-electron chi connectivity index (χ3n) is 3.28. The molecular weight excluding hydrogens is 335 g/mol. The lowest BCUT2D eigenvalue weighted by molar-refractivity contribution is -0.112. The van der Waals surface area contributed by atoms with Crippen LogP contribution < -0.4 is 14.8 Å². The van der Waals surface area contributed by atoms with Crippen LogP contribution in [0.5, 0.6) is 11.5 Å². The Balaban J connectivity index is 2.31. The molecule has 0 aliphatic carbocycles. The molecule has 0 unspecified atom stereocenters. The van der Waals surface area contributed by atoms with E-state index in [4.69, 9.17) is 9.47 Å². The molecule has 0 atom stereocenters. The van der Waals surface area contributed by atoms with Crippen LogP contribution in [-0.4, -0.2) is 26.3 Å². The number of alkyl halides is 3. The second-order valence-electron chi connectivity index (χ2n) is 5.01. The van der Waals surface area contributed by atoms with Gasteiger partial charge in [-0.25, -0.2) is 0 Å². The summed E-state index contributed by atoms with van der Waals surface area (Å²) < 4.78 is 49.9. The van der Waals surface area contributed by atoms with Crippen molar-refractivity contribution < 1.29 is 27.4 Å². The van der Waals surface area contributed by atoms with Gasteiger partial charge in [-0.3, -0.25) is 4.79 Å². The van der Waals surface area contributed by atoms with Crippen LogP contribution in [0.15, 0.2) is 54.6 Å². The number of methoxy groups -OCH3 is 2. The van der Waals surface area contributed by atoms with Gasteiger partial charge in [-0.1, -0.05) is 30.3 Å². The Labute approximate surface area is 142 Å². The van der Waals surface area contributed by atoms with Crippen molar-refractivity contribution in [1.82, 2.24) is 0 Å². The smallest absolute Gasteiger partial charge is 0.417 e. The minimum atomic E-state index is -4.66. The van der Waals surface area contributed by atoms with Crippen LogP contribution >= 0.6 is 0 Å². The van der Waals surface area contributed by atoms with Gasteiger partial charge in [0, 0.05) is 30.0 Å². The van der Waals surface area contributed by atoms with Gasteiger partial charge in [-0.2, -0.15) is 13.2 Å². The van der Waals surface area contributed by atoms with Crippen molar-refractivity contribution in [2.24, 2.45) is 0 Å². The van der Waals surface area contributed by atoms with Crippen LogP contribution in [0.25, 0.3) is 5.57 Å². The first-order valence-corrected chi connectivity index (χ1v) is 7.22. The lowest BCUT2D eigenvalue weighted by Crippen LogP contribution is -2.16. The predicted molar refractivity (Wildman–Crippen MR) is 88.6 cm³/mol. The van der Waals surface area contributed by atoms with Gasteiger partial charge in [0.1, 0.15) is 11.5 Å². The van der Waals surface area contributed by atoms with Crippen LogP contribution in [0, 0.1) is 0 Å². The highest BCUT2D eigenvalue weighted by molar-refractivity contribution is 6.04. The van der Waals surface area contributed by atoms with Crippen LogP contribution in [-0.2, 0) is 4.79 Å². The highest BCUT2D eigenvalue weighted by Crippen LogP contribution is 2.34. The summed E-state index contributed by atoms with van der Waals surface area (Å²) in [6.45, 7) is 0. The Bertz CT molecular complexity index is 749. The zero-order chi connectivity index (χ0) is 18.4. The number of ether oxygens (including phenoxy) is 2.